The van der Waals surface area contributed by atoms with E-state index in [4.69, 9.17) is 0 Å². The van der Waals surface area contributed by atoms with Crippen LogP contribution < -0.4 is 0 Å². The Morgan fingerprint density at radius 3 is 2.61 bits per heavy atom. The van der Waals surface area contributed by atoms with Crippen molar-refractivity contribution in [2.24, 2.45) is 0 Å². The van der Waals surface area contributed by atoms with E-state index in [9.17, 15) is 14.3 Å². The topological polar surface area (TPSA) is 53.1 Å². The van der Waals surface area contributed by atoms with Gasteiger partial charge in [0, 0.05) is 11.1 Å². The van der Waals surface area contributed by atoms with E-state index in [0.717, 1.165) is 16.6 Å². The molecule has 0 atom stereocenters. The number of carboxylic acid groups (broad SMARTS) is 1. The summed E-state index contributed by atoms with van der Waals surface area (Å²) in [4.78, 5) is 14.3. The zero-order valence-corrected chi connectivity index (χ0v) is 10.3. The van der Waals surface area contributed by atoms with Crippen LogP contribution >= 0.6 is 0 Å². The van der Waals surface area contributed by atoms with Crippen molar-refractivity contribution in [3.05, 3.63) is 34.8 Å². The molecule has 3 nitrogen and oxygen atoms in total. The number of benzene rings is 1. The molecule has 0 aliphatic heterocycles. The fraction of sp³-hybridized carbons (Fsp3) is 0.357. The molecule has 3 rings (SSSR count). The maximum atomic E-state index is 14.0. The molecule has 2 N–H and O–H groups in total. The first-order valence-corrected chi connectivity index (χ1v) is 5.98. The van der Waals surface area contributed by atoms with Gasteiger partial charge in [0.15, 0.2) is 0 Å². The van der Waals surface area contributed by atoms with E-state index in [1.165, 1.54) is 6.07 Å². The predicted molar refractivity (Wildman–Crippen MR) is 66.3 cm³/mol. The van der Waals surface area contributed by atoms with E-state index in [-0.39, 0.29) is 5.82 Å². The second-order valence-electron chi connectivity index (χ2n) is 5.14. The van der Waals surface area contributed by atoms with Crippen molar-refractivity contribution in [3.8, 4) is 0 Å². The van der Waals surface area contributed by atoms with Crippen molar-refractivity contribution >= 4 is 16.9 Å². The number of fused-ring (bicyclic) bond motifs is 1. The quantitative estimate of drug-likeness (QED) is 0.857. The van der Waals surface area contributed by atoms with Crippen LogP contribution in [0, 0.1) is 19.7 Å². The molecule has 1 heterocycles. The van der Waals surface area contributed by atoms with E-state index in [2.05, 4.69) is 4.98 Å². The van der Waals surface area contributed by atoms with Crippen LogP contribution in [0.5, 0.6) is 0 Å². The van der Waals surface area contributed by atoms with Crippen molar-refractivity contribution in [3.63, 3.8) is 0 Å². The van der Waals surface area contributed by atoms with Gasteiger partial charge in [0.2, 0.25) is 0 Å². The number of carboxylic acids is 1. The van der Waals surface area contributed by atoms with E-state index in [0.29, 0.717) is 23.9 Å². The van der Waals surface area contributed by atoms with Gasteiger partial charge in [0.1, 0.15) is 5.82 Å². The van der Waals surface area contributed by atoms with Gasteiger partial charge in [0.25, 0.3) is 0 Å². The number of aryl methyl sites for hydroxylation is 2. The molecular weight excluding hydrogens is 233 g/mol. The Morgan fingerprint density at radius 2 is 2.06 bits per heavy atom. The standard InChI is InChI=1S/C14H14FNO2/c1-7-8(2)16-12-10(7)5-9(6-11(12)15)14(3-4-14)13(17)18/h5-6,16H,3-4H2,1-2H3,(H,17,18). The molecule has 1 aromatic carbocycles. The van der Waals surface area contributed by atoms with E-state index >= 15 is 0 Å². The highest BCUT2D eigenvalue weighted by Crippen LogP contribution is 2.49. The van der Waals surface area contributed by atoms with E-state index in [1.54, 1.807) is 0 Å². The zero-order valence-electron chi connectivity index (χ0n) is 10.3. The van der Waals surface area contributed by atoms with Crippen LogP contribution in [0.25, 0.3) is 10.9 Å². The monoisotopic (exact) mass is 247 g/mol. The van der Waals surface area contributed by atoms with E-state index in [1.807, 2.05) is 19.9 Å². The molecule has 18 heavy (non-hydrogen) atoms. The third kappa shape index (κ3) is 1.32. The molecule has 94 valence electrons. The van der Waals surface area contributed by atoms with Gasteiger partial charge in [0.05, 0.1) is 10.9 Å². The van der Waals surface area contributed by atoms with Crippen LogP contribution in [0.4, 0.5) is 4.39 Å². The molecule has 1 aromatic heterocycles. The number of hydrogen-bond donors (Lipinski definition) is 2. The molecule has 0 unspecified atom stereocenters. The zero-order chi connectivity index (χ0) is 13.1. The Balaban J connectivity index is 2.27. The van der Waals surface area contributed by atoms with E-state index < -0.39 is 11.4 Å². The number of aromatic amines is 1. The number of carbonyl (C=O) groups is 1. The molecule has 0 saturated heterocycles. The van der Waals surface area contributed by atoms with Crippen LogP contribution in [0.1, 0.15) is 29.7 Å². The summed E-state index contributed by atoms with van der Waals surface area (Å²) in [7, 11) is 0. The molecule has 1 saturated carbocycles. The van der Waals surface area contributed by atoms with Crippen LogP contribution in [0.2, 0.25) is 0 Å². The lowest BCUT2D eigenvalue weighted by Crippen LogP contribution is -2.19. The number of H-pyrrole nitrogens is 1. The molecular formula is C14H14FNO2. The van der Waals surface area contributed by atoms with Crippen molar-refractivity contribution < 1.29 is 14.3 Å². The maximum absolute atomic E-state index is 14.0. The summed E-state index contributed by atoms with van der Waals surface area (Å²) in [6.45, 7) is 3.80. The SMILES string of the molecule is Cc1[nH]c2c(F)cc(C3(C(=O)O)CC3)cc2c1C. The Morgan fingerprint density at radius 1 is 1.39 bits per heavy atom. The smallest absolute Gasteiger partial charge is 0.314 e. The van der Waals surface area contributed by atoms with Gasteiger partial charge in [-0.25, -0.2) is 4.39 Å². The fourth-order valence-corrected chi connectivity index (χ4v) is 2.54. The van der Waals surface area contributed by atoms with Crippen molar-refractivity contribution in [2.75, 3.05) is 0 Å². The van der Waals surface area contributed by atoms with Crippen molar-refractivity contribution in [1.29, 1.82) is 0 Å². The average molecular weight is 247 g/mol. The molecule has 1 aliphatic carbocycles. The summed E-state index contributed by atoms with van der Waals surface area (Å²) in [6, 6.07) is 3.18. The number of halogens is 1. The molecule has 1 aliphatic rings. The van der Waals surface area contributed by atoms with Crippen LogP contribution in [-0.4, -0.2) is 16.1 Å². The molecule has 0 amide bonds. The summed E-state index contributed by atoms with van der Waals surface area (Å²) < 4.78 is 14.0. The van der Waals surface area contributed by atoms with Crippen molar-refractivity contribution in [1.82, 2.24) is 4.98 Å². The Labute approximate surface area is 104 Å². The van der Waals surface area contributed by atoms with Gasteiger partial charge in [-0.05, 0) is 49.9 Å². The Bertz CT molecular complexity index is 668. The number of aliphatic carboxylic acids is 1. The lowest BCUT2D eigenvalue weighted by atomic mass is 9.94. The molecule has 0 spiro atoms. The highest BCUT2D eigenvalue weighted by Gasteiger charge is 2.52. The van der Waals surface area contributed by atoms with Crippen LogP contribution in [-0.2, 0) is 10.2 Å². The lowest BCUT2D eigenvalue weighted by molar-refractivity contribution is -0.140. The molecule has 0 bridgehead atoms. The van der Waals surface area contributed by atoms with Crippen LogP contribution in [0.15, 0.2) is 12.1 Å². The van der Waals surface area contributed by atoms with Gasteiger partial charge in [-0.15, -0.1) is 0 Å². The normalized spacial score (nSPS) is 17.1. The van der Waals surface area contributed by atoms with Crippen LogP contribution in [0.3, 0.4) is 0 Å². The Hall–Kier alpha value is -1.84. The first-order chi connectivity index (χ1) is 8.45. The highest BCUT2D eigenvalue weighted by molar-refractivity contribution is 5.90. The largest absolute Gasteiger partial charge is 0.481 e. The summed E-state index contributed by atoms with van der Waals surface area (Å²) >= 11 is 0. The second kappa shape index (κ2) is 3.34. The minimum absolute atomic E-state index is 0.369. The van der Waals surface area contributed by atoms with Gasteiger partial charge in [-0.1, -0.05) is 0 Å². The minimum Gasteiger partial charge on any atom is -0.481 e. The molecule has 1 fully saturated rings. The third-order valence-corrected chi connectivity index (χ3v) is 4.08. The first-order valence-electron chi connectivity index (χ1n) is 5.98. The third-order valence-electron chi connectivity index (χ3n) is 4.08. The van der Waals surface area contributed by atoms with Gasteiger partial charge in [-0.2, -0.15) is 0 Å². The summed E-state index contributed by atoms with van der Waals surface area (Å²) in [6.07, 6.45) is 1.19. The summed E-state index contributed by atoms with van der Waals surface area (Å²) in [5.41, 5.74) is 2.09. The average Bonchev–Trinajstić information content (AvgIpc) is 3.06. The van der Waals surface area contributed by atoms with Gasteiger partial charge >= 0.3 is 5.97 Å². The van der Waals surface area contributed by atoms with Gasteiger partial charge in [-0.3, -0.25) is 4.79 Å². The van der Waals surface area contributed by atoms with Gasteiger partial charge < -0.3 is 10.1 Å². The number of aromatic nitrogens is 1. The number of rotatable bonds is 2. The first kappa shape index (κ1) is 11.3. The lowest BCUT2D eigenvalue weighted by Gasteiger charge is -2.10. The Kier molecular flexibility index (Phi) is 2.09. The number of hydrogen-bond acceptors (Lipinski definition) is 1. The number of nitrogens with one attached hydrogen (secondary N) is 1. The van der Waals surface area contributed by atoms with Crippen molar-refractivity contribution in [2.45, 2.75) is 32.1 Å². The minimum atomic E-state index is -0.855. The summed E-state index contributed by atoms with van der Waals surface area (Å²) in [5, 5.41) is 10.1. The predicted octanol–water partition coefficient (Wildman–Crippen LogP) is 3.04. The maximum Gasteiger partial charge on any atom is 0.314 e. The molecule has 0 radical (unpaired) electrons. The highest BCUT2D eigenvalue weighted by atomic mass is 19.1. The summed E-state index contributed by atoms with van der Waals surface area (Å²) in [5.74, 6) is -1.22. The molecule has 2 aromatic rings. The second-order valence-corrected chi connectivity index (χ2v) is 5.14. The molecule has 4 heteroatoms. The fourth-order valence-electron chi connectivity index (χ4n) is 2.54.